The second kappa shape index (κ2) is 15.7. The van der Waals surface area contributed by atoms with Gasteiger partial charge in [0.25, 0.3) is 0 Å². The van der Waals surface area contributed by atoms with Crippen LogP contribution in [-0.4, -0.2) is 50.7 Å². The highest BCUT2D eigenvalue weighted by Gasteiger charge is 2.30. The number of nitrogens with one attached hydrogen (secondary N) is 2. The Morgan fingerprint density at radius 2 is 0.935 bits per heavy atom. The number of fused-ring (bicyclic) bond motifs is 8. The van der Waals surface area contributed by atoms with Gasteiger partial charge in [0.2, 0.25) is 0 Å². The van der Waals surface area contributed by atoms with E-state index in [1.54, 1.807) is 10.8 Å². The maximum absolute atomic E-state index is 13.9. The van der Waals surface area contributed by atoms with E-state index in [1.807, 2.05) is 110 Å². The molecule has 0 saturated heterocycles. The summed E-state index contributed by atoms with van der Waals surface area (Å²) >= 11 is 0. The molecule has 8 aromatic rings. The molecule has 0 fully saturated rings. The second-order valence-electron chi connectivity index (χ2n) is 15.0. The van der Waals surface area contributed by atoms with Gasteiger partial charge in [-0.25, -0.2) is 19.6 Å². The summed E-state index contributed by atoms with van der Waals surface area (Å²) in [5, 5.41) is 0. The number of methoxy groups -OCH3 is 2. The zero-order valence-electron chi connectivity index (χ0n) is 34.1. The number of carbonyl (C=O) groups is 2. The van der Waals surface area contributed by atoms with Crippen LogP contribution in [0.3, 0.4) is 0 Å². The van der Waals surface area contributed by atoms with Crippen LogP contribution in [0.25, 0.3) is 102 Å². The van der Waals surface area contributed by atoms with Crippen LogP contribution >= 0.6 is 0 Å². The monoisotopic (exact) mass is 809 g/mol. The quantitative estimate of drug-likeness (QED) is 0.155. The van der Waals surface area contributed by atoms with E-state index in [0.717, 1.165) is 78.1 Å². The molecular formula is C53H39N5O4. The van der Waals surface area contributed by atoms with Crippen molar-refractivity contribution in [1.82, 2.24) is 24.5 Å². The molecule has 0 radical (unpaired) electrons. The van der Waals surface area contributed by atoms with Crippen LogP contribution in [-0.2, 0) is 16.5 Å². The number of rotatable bonds is 7. The van der Waals surface area contributed by atoms with Crippen molar-refractivity contribution in [3.05, 3.63) is 180 Å². The summed E-state index contributed by atoms with van der Waals surface area (Å²) in [7, 11) is 4.41. The van der Waals surface area contributed by atoms with Gasteiger partial charge >= 0.3 is 11.9 Å². The first-order chi connectivity index (χ1) is 30.4. The minimum Gasteiger partial charge on any atom is -0.465 e. The molecule has 0 aliphatic carbocycles. The minimum atomic E-state index is -0.670. The lowest BCUT2D eigenvalue weighted by Gasteiger charge is -2.10. The molecule has 6 heterocycles. The van der Waals surface area contributed by atoms with Crippen LogP contribution in [0, 0.1) is 0 Å². The van der Waals surface area contributed by atoms with Gasteiger partial charge in [-0.3, -0.25) is 0 Å². The fraction of sp³-hybridized carbons (Fsp3) is 0.0566. The van der Waals surface area contributed by atoms with E-state index in [-0.39, 0.29) is 11.1 Å². The lowest BCUT2D eigenvalue weighted by molar-refractivity contribution is 0.0557. The van der Waals surface area contributed by atoms with E-state index < -0.39 is 11.9 Å². The molecule has 4 aromatic carbocycles. The molecule has 62 heavy (non-hydrogen) atoms. The van der Waals surface area contributed by atoms with E-state index in [2.05, 4.69) is 70.7 Å². The Kier molecular flexibility index (Phi) is 9.61. The maximum Gasteiger partial charge on any atom is 0.340 e. The van der Waals surface area contributed by atoms with Crippen molar-refractivity contribution in [3.8, 4) is 55.8 Å². The molecule has 2 aliphatic heterocycles. The van der Waals surface area contributed by atoms with Gasteiger partial charge in [0.05, 0.1) is 59.3 Å². The summed E-state index contributed by atoms with van der Waals surface area (Å²) in [5.41, 5.74) is 14.8. The van der Waals surface area contributed by atoms with Crippen molar-refractivity contribution in [1.29, 1.82) is 0 Å². The number of benzene rings is 4. The molecule has 9 nitrogen and oxygen atoms in total. The second-order valence-corrected chi connectivity index (χ2v) is 15.0. The SMILES string of the molecule is COC(=O)c1cn(C)c(-c2cc3[nH]c2c(-c2ccccc2)c2nc(c(-c4ccccc4)c4nc(c(-c5ccccc5)c5ccc([nH]5)c3-c3ccccc3)C=C4)C=C2)c1C(=O)OC. The molecule has 300 valence electrons. The Labute approximate surface area is 357 Å². The van der Waals surface area contributed by atoms with Crippen molar-refractivity contribution in [2.45, 2.75) is 0 Å². The average molecular weight is 810 g/mol. The third-order valence-corrected chi connectivity index (χ3v) is 11.3. The molecule has 0 atom stereocenters. The van der Waals surface area contributed by atoms with Crippen LogP contribution in [0.5, 0.6) is 0 Å². The molecule has 2 aliphatic rings. The smallest absolute Gasteiger partial charge is 0.340 e. The number of aromatic nitrogens is 5. The zero-order chi connectivity index (χ0) is 42.3. The molecule has 8 bridgehead atoms. The highest BCUT2D eigenvalue weighted by atomic mass is 16.5. The topological polar surface area (TPSA) is 115 Å². The van der Waals surface area contributed by atoms with Gasteiger partial charge in [0.15, 0.2) is 0 Å². The van der Waals surface area contributed by atoms with Gasteiger partial charge in [-0.2, -0.15) is 0 Å². The predicted octanol–water partition coefficient (Wildman–Crippen LogP) is 11.9. The van der Waals surface area contributed by atoms with Gasteiger partial charge in [-0.15, -0.1) is 0 Å². The van der Waals surface area contributed by atoms with Crippen molar-refractivity contribution < 1.29 is 19.1 Å². The fourth-order valence-electron chi connectivity index (χ4n) is 8.63. The van der Waals surface area contributed by atoms with E-state index in [4.69, 9.17) is 19.4 Å². The number of esters is 2. The number of aromatic amines is 2. The van der Waals surface area contributed by atoms with Crippen LogP contribution < -0.4 is 0 Å². The Balaban J connectivity index is 1.47. The first-order valence-electron chi connectivity index (χ1n) is 20.2. The van der Waals surface area contributed by atoms with Crippen LogP contribution in [0.2, 0.25) is 0 Å². The van der Waals surface area contributed by atoms with Crippen LogP contribution in [0.15, 0.2) is 146 Å². The Bertz CT molecular complexity index is 3290. The highest BCUT2D eigenvalue weighted by molar-refractivity contribution is 6.12. The number of ether oxygens (including phenoxy) is 2. The van der Waals surface area contributed by atoms with Crippen LogP contribution in [0.4, 0.5) is 0 Å². The Morgan fingerprint density at radius 3 is 1.45 bits per heavy atom. The first kappa shape index (κ1) is 37.9. The van der Waals surface area contributed by atoms with Gasteiger partial charge in [0.1, 0.15) is 0 Å². The van der Waals surface area contributed by atoms with E-state index in [1.165, 1.54) is 14.2 Å². The zero-order valence-corrected chi connectivity index (χ0v) is 34.1. The first-order valence-corrected chi connectivity index (χ1v) is 20.2. The summed E-state index contributed by atoms with van der Waals surface area (Å²) in [4.78, 5) is 45.7. The normalized spacial score (nSPS) is 11.8. The summed E-state index contributed by atoms with van der Waals surface area (Å²) in [5.74, 6) is -1.32. The van der Waals surface area contributed by atoms with Gasteiger partial charge in [0, 0.05) is 57.6 Å². The Hall–Kier alpha value is -8.30. The van der Waals surface area contributed by atoms with Crippen molar-refractivity contribution >= 4 is 58.3 Å². The number of hydrogen-bond acceptors (Lipinski definition) is 6. The lowest BCUT2D eigenvalue weighted by atomic mass is 9.98. The van der Waals surface area contributed by atoms with Gasteiger partial charge < -0.3 is 24.0 Å². The lowest BCUT2D eigenvalue weighted by Crippen LogP contribution is -2.10. The molecule has 9 heteroatoms. The maximum atomic E-state index is 13.9. The predicted molar refractivity (Wildman–Crippen MR) is 248 cm³/mol. The van der Waals surface area contributed by atoms with E-state index in [0.29, 0.717) is 22.5 Å². The number of carbonyl (C=O) groups excluding carboxylic acids is 2. The summed E-state index contributed by atoms with van der Waals surface area (Å²) in [6.07, 6.45) is 9.82. The van der Waals surface area contributed by atoms with Crippen molar-refractivity contribution in [3.63, 3.8) is 0 Å². The fourth-order valence-corrected chi connectivity index (χ4v) is 8.63. The molecule has 10 rings (SSSR count). The number of aryl methyl sites for hydroxylation is 1. The summed E-state index contributed by atoms with van der Waals surface area (Å²) in [6, 6.07) is 46.9. The molecular weight excluding hydrogens is 771 g/mol. The third kappa shape index (κ3) is 6.53. The average Bonchev–Trinajstić information content (AvgIpc) is 4.18. The number of H-pyrrole nitrogens is 2. The van der Waals surface area contributed by atoms with Gasteiger partial charge in [-0.05, 0) is 64.8 Å². The van der Waals surface area contributed by atoms with Crippen molar-refractivity contribution in [2.24, 2.45) is 7.05 Å². The van der Waals surface area contributed by atoms with Crippen LogP contribution in [0.1, 0.15) is 43.5 Å². The third-order valence-electron chi connectivity index (χ3n) is 11.3. The number of hydrogen-bond donors (Lipinski definition) is 2. The van der Waals surface area contributed by atoms with Crippen molar-refractivity contribution in [2.75, 3.05) is 14.2 Å². The molecule has 0 spiro atoms. The van der Waals surface area contributed by atoms with E-state index >= 15 is 0 Å². The summed E-state index contributed by atoms with van der Waals surface area (Å²) in [6.45, 7) is 0. The highest BCUT2D eigenvalue weighted by Crippen LogP contribution is 2.43. The summed E-state index contributed by atoms with van der Waals surface area (Å²) < 4.78 is 12.3. The van der Waals surface area contributed by atoms with E-state index in [9.17, 15) is 9.59 Å². The molecule has 0 saturated carbocycles. The molecule has 2 N–H and O–H groups in total. The largest absolute Gasteiger partial charge is 0.465 e. The molecule has 4 aromatic heterocycles. The standard InChI is InChI=1S/C53H39N5O4/c1-58-31-37(52(59)61-2)49(53(60)62-3)51(58)36-30-44-47(34-20-12-6-13-21-34)42-27-26-40(55-42)45(32-16-8-4-9-17-32)38-24-25-39(54-38)46(33-18-10-5-11-19-33)41-28-29-43(56-41)48(50(36)57-44)35-22-14-7-15-23-35/h4-31,55,57H,1-3H3. The number of nitrogens with zero attached hydrogens (tertiary/aromatic N) is 3. The minimum absolute atomic E-state index is 0.0891. The van der Waals surface area contributed by atoms with Gasteiger partial charge in [-0.1, -0.05) is 121 Å². The molecule has 0 unspecified atom stereocenters. The Morgan fingerprint density at radius 1 is 0.500 bits per heavy atom. The molecule has 0 amide bonds.